The molecule has 1 saturated heterocycles. The van der Waals surface area contributed by atoms with Gasteiger partial charge in [0.1, 0.15) is 0 Å². The highest BCUT2D eigenvalue weighted by Crippen LogP contribution is 2.24. The van der Waals surface area contributed by atoms with Crippen molar-refractivity contribution in [2.24, 2.45) is 0 Å². The molecule has 2 amide bonds. The van der Waals surface area contributed by atoms with Crippen molar-refractivity contribution in [1.82, 2.24) is 10.3 Å². The first-order chi connectivity index (χ1) is 8.20. The van der Waals surface area contributed by atoms with Crippen molar-refractivity contribution >= 4 is 11.8 Å². The van der Waals surface area contributed by atoms with Crippen LogP contribution in [0, 0.1) is 0 Å². The zero-order valence-electron chi connectivity index (χ0n) is 9.35. The van der Waals surface area contributed by atoms with Gasteiger partial charge in [0.2, 0.25) is 11.8 Å². The number of aliphatic hydroxyl groups excluding tert-OH is 1. The van der Waals surface area contributed by atoms with Crippen molar-refractivity contribution in [1.29, 1.82) is 0 Å². The first kappa shape index (κ1) is 11.7. The molecule has 1 atom stereocenters. The van der Waals surface area contributed by atoms with E-state index in [1.165, 1.54) is 0 Å². The molecule has 2 rings (SSSR count). The lowest BCUT2D eigenvalue weighted by molar-refractivity contribution is -0.134. The van der Waals surface area contributed by atoms with E-state index < -0.39 is 0 Å². The van der Waals surface area contributed by atoms with Gasteiger partial charge in [-0.05, 0) is 18.1 Å². The summed E-state index contributed by atoms with van der Waals surface area (Å²) in [4.78, 5) is 26.8. The van der Waals surface area contributed by atoms with Crippen LogP contribution in [0.4, 0.5) is 0 Å². The minimum Gasteiger partial charge on any atom is -0.396 e. The summed E-state index contributed by atoms with van der Waals surface area (Å²) < 4.78 is 0. The van der Waals surface area contributed by atoms with Gasteiger partial charge in [-0.3, -0.25) is 19.9 Å². The quantitative estimate of drug-likeness (QED) is 0.729. The summed E-state index contributed by atoms with van der Waals surface area (Å²) in [6, 6.07) is 3.63. The van der Waals surface area contributed by atoms with Crippen LogP contribution < -0.4 is 5.32 Å². The second kappa shape index (κ2) is 5.05. The lowest BCUT2D eigenvalue weighted by Crippen LogP contribution is -2.39. The number of aliphatic hydroxyl groups is 1. The molecule has 0 radical (unpaired) electrons. The normalized spacial score (nSPS) is 20.2. The molecule has 1 aromatic heterocycles. The van der Waals surface area contributed by atoms with Crippen LogP contribution in [0.3, 0.4) is 0 Å². The van der Waals surface area contributed by atoms with Crippen LogP contribution in [0.1, 0.15) is 30.0 Å². The van der Waals surface area contributed by atoms with Crippen LogP contribution in [0.15, 0.2) is 18.3 Å². The Morgan fingerprint density at radius 2 is 2.24 bits per heavy atom. The summed E-state index contributed by atoms with van der Waals surface area (Å²) in [6.07, 6.45) is 3.06. The number of amides is 2. The van der Waals surface area contributed by atoms with E-state index in [1.807, 2.05) is 6.07 Å². The van der Waals surface area contributed by atoms with Gasteiger partial charge in [-0.15, -0.1) is 0 Å². The first-order valence-electron chi connectivity index (χ1n) is 5.60. The number of carbonyl (C=O) groups is 2. The van der Waals surface area contributed by atoms with Gasteiger partial charge < -0.3 is 5.11 Å². The molecule has 0 aromatic carbocycles. The summed E-state index contributed by atoms with van der Waals surface area (Å²) in [6.45, 7) is 0.0603. The molecule has 90 valence electrons. The van der Waals surface area contributed by atoms with E-state index in [0.29, 0.717) is 19.3 Å². The van der Waals surface area contributed by atoms with E-state index in [2.05, 4.69) is 10.3 Å². The maximum atomic E-state index is 11.6. The predicted octanol–water partition coefficient (Wildman–Crippen LogP) is 0.137. The highest BCUT2D eigenvalue weighted by Gasteiger charge is 2.27. The Bertz CT molecular complexity index is 428. The van der Waals surface area contributed by atoms with Crippen molar-refractivity contribution in [2.75, 3.05) is 6.61 Å². The average molecular weight is 234 g/mol. The fraction of sp³-hybridized carbons (Fsp3) is 0.417. The van der Waals surface area contributed by atoms with Gasteiger partial charge in [0.15, 0.2) is 0 Å². The molecule has 0 bridgehead atoms. The molecule has 0 aliphatic carbocycles. The Labute approximate surface area is 98.9 Å². The molecule has 0 spiro atoms. The average Bonchev–Trinajstić information content (AvgIpc) is 2.31. The topological polar surface area (TPSA) is 79.3 Å². The molecule has 1 aliphatic rings. The van der Waals surface area contributed by atoms with Gasteiger partial charge in [0.25, 0.3) is 0 Å². The van der Waals surface area contributed by atoms with Crippen molar-refractivity contribution < 1.29 is 14.7 Å². The number of carbonyl (C=O) groups excluding carboxylic acids is 2. The zero-order chi connectivity index (χ0) is 12.3. The molecule has 2 N–H and O–H groups in total. The smallest absolute Gasteiger partial charge is 0.234 e. The fourth-order valence-electron chi connectivity index (χ4n) is 1.92. The lowest BCUT2D eigenvalue weighted by atomic mass is 9.91. The fourth-order valence-corrected chi connectivity index (χ4v) is 1.92. The minimum atomic E-state index is -0.289. The Hall–Kier alpha value is -1.75. The highest BCUT2D eigenvalue weighted by atomic mass is 16.3. The third-order valence-corrected chi connectivity index (χ3v) is 2.86. The summed E-state index contributed by atoms with van der Waals surface area (Å²) in [7, 11) is 0. The van der Waals surface area contributed by atoms with Crippen LogP contribution in [0.5, 0.6) is 0 Å². The third kappa shape index (κ3) is 2.68. The summed E-state index contributed by atoms with van der Waals surface area (Å²) in [5.74, 6) is -0.752. The molecule has 5 nitrogen and oxygen atoms in total. The van der Waals surface area contributed by atoms with Crippen LogP contribution in [0.25, 0.3) is 0 Å². The van der Waals surface area contributed by atoms with Crippen molar-refractivity contribution in [2.45, 2.75) is 25.2 Å². The molecule has 1 aromatic rings. The van der Waals surface area contributed by atoms with Crippen LogP contribution in [0.2, 0.25) is 0 Å². The number of hydrogen-bond donors (Lipinski definition) is 2. The Balaban J connectivity index is 2.11. The van der Waals surface area contributed by atoms with Gasteiger partial charge in [-0.2, -0.15) is 0 Å². The molecule has 1 fully saturated rings. The SMILES string of the molecule is O=C1CCC(c2ccc(CCO)nc2)C(=O)N1. The van der Waals surface area contributed by atoms with Crippen molar-refractivity contribution in [3.8, 4) is 0 Å². The summed E-state index contributed by atoms with van der Waals surface area (Å²) in [5, 5.41) is 11.1. The lowest BCUT2D eigenvalue weighted by Gasteiger charge is -2.20. The van der Waals surface area contributed by atoms with Crippen molar-refractivity contribution in [3.63, 3.8) is 0 Å². The third-order valence-electron chi connectivity index (χ3n) is 2.86. The molecule has 1 aliphatic heterocycles. The maximum absolute atomic E-state index is 11.6. The number of imide groups is 1. The van der Waals surface area contributed by atoms with E-state index in [1.54, 1.807) is 12.3 Å². The molecule has 1 unspecified atom stereocenters. The van der Waals surface area contributed by atoms with Crippen molar-refractivity contribution in [3.05, 3.63) is 29.6 Å². The van der Waals surface area contributed by atoms with Crippen LogP contribution >= 0.6 is 0 Å². The number of aromatic nitrogens is 1. The first-order valence-corrected chi connectivity index (χ1v) is 5.60. The molecular weight excluding hydrogens is 220 g/mol. The Kier molecular flexibility index (Phi) is 3.49. The Morgan fingerprint density at radius 3 is 2.82 bits per heavy atom. The minimum absolute atomic E-state index is 0.0603. The molecule has 0 saturated carbocycles. The van der Waals surface area contributed by atoms with Crippen LogP contribution in [-0.4, -0.2) is 28.5 Å². The van der Waals surface area contributed by atoms with Gasteiger partial charge in [-0.1, -0.05) is 6.07 Å². The predicted molar refractivity (Wildman–Crippen MR) is 60.2 cm³/mol. The van der Waals surface area contributed by atoms with E-state index in [4.69, 9.17) is 5.11 Å². The zero-order valence-corrected chi connectivity index (χ0v) is 9.35. The van der Waals surface area contributed by atoms with Crippen LogP contribution in [-0.2, 0) is 16.0 Å². The number of nitrogens with zero attached hydrogens (tertiary/aromatic N) is 1. The molecular formula is C12H14N2O3. The highest BCUT2D eigenvalue weighted by molar-refractivity contribution is 6.00. The number of pyridine rings is 1. The summed E-state index contributed by atoms with van der Waals surface area (Å²) in [5.41, 5.74) is 1.61. The summed E-state index contributed by atoms with van der Waals surface area (Å²) >= 11 is 0. The molecule has 5 heteroatoms. The second-order valence-corrected chi connectivity index (χ2v) is 4.06. The number of rotatable bonds is 3. The van der Waals surface area contributed by atoms with Gasteiger partial charge >= 0.3 is 0 Å². The van der Waals surface area contributed by atoms with Gasteiger partial charge in [0, 0.05) is 31.3 Å². The van der Waals surface area contributed by atoms with E-state index in [-0.39, 0.29) is 24.3 Å². The van der Waals surface area contributed by atoms with E-state index >= 15 is 0 Å². The second-order valence-electron chi connectivity index (χ2n) is 4.06. The molecule has 2 heterocycles. The standard InChI is InChI=1S/C12H14N2O3/c15-6-5-9-2-1-8(7-13-9)10-3-4-11(16)14-12(10)17/h1-2,7,10,15H,3-6H2,(H,14,16,17). The number of hydrogen-bond acceptors (Lipinski definition) is 4. The maximum Gasteiger partial charge on any atom is 0.234 e. The molecule has 17 heavy (non-hydrogen) atoms. The monoisotopic (exact) mass is 234 g/mol. The number of piperidine rings is 1. The van der Waals surface area contributed by atoms with Gasteiger partial charge in [0.05, 0.1) is 5.92 Å². The number of nitrogens with one attached hydrogen (secondary N) is 1. The van der Waals surface area contributed by atoms with E-state index in [0.717, 1.165) is 11.3 Å². The van der Waals surface area contributed by atoms with E-state index in [9.17, 15) is 9.59 Å². The Morgan fingerprint density at radius 1 is 1.41 bits per heavy atom. The van der Waals surface area contributed by atoms with Gasteiger partial charge in [-0.25, -0.2) is 0 Å². The largest absolute Gasteiger partial charge is 0.396 e.